The van der Waals surface area contributed by atoms with E-state index in [0.717, 1.165) is 0 Å². The molecule has 11 heteroatoms. The lowest BCUT2D eigenvalue weighted by molar-refractivity contribution is -0.151. The SMILES string of the molecule is CCOC(=O)c1c(C(F)(F)F)nc(C(F)(F)F)c(C(=O)OCC)c1CC(C)C. The number of alkyl halides is 6. The quantitative estimate of drug-likeness (QED) is 0.499. The molecule has 0 saturated carbocycles. The minimum absolute atomic E-state index is 0.326. The van der Waals surface area contributed by atoms with Crippen molar-refractivity contribution in [1.82, 2.24) is 4.98 Å². The molecule has 1 heterocycles. The number of aromatic nitrogens is 1. The number of hydrogen-bond donors (Lipinski definition) is 0. The van der Waals surface area contributed by atoms with Crippen LogP contribution in [0.5, 0.6) is 0 Å². The van der Waals surface area contributed by atoms with Crippen LogP contribution in [-0.2, 0) is 28.2 Å². The first kappa shape index (κ1) is 23.7. The largest absolute Gasteiger partial charge is 0.462 e. The first-order valence-electron chi connectivity index (χ1n) is 8.31. The Balaban J connectivity index is 4.12. The van der Waals surface area contributed by atoms with Crippen molar-refractivity contribution in [2.45, 2.75) is 46.5 Å². The van der Waals surface area contributed by atoms with Crippen molar-refractivity contribution in [3.63, 3.8) is 0 Å². The van der Waals surface area contributed by atoms with Crippen molar-refractivity contribution in [1.29, 1.82) is 0 Å². The van der Waals surface area contributed by atoms with Gasteiger partial charge in [-0.3, -0.25) is 0 Å². The Hall–Kier alpha value is -2.33. The van der Waals surface area contributed by atoms with E-state index in [1.54, 1.807) is 0 Å². The summed E-state index contributed by atoms with van der Waals surface area (Å²) in [5, 5.41) is 0. The molecule has 0 amide bonds. The molecule has 1 aromatic rings. The van der Waals surface area contributed by atoms with Crippen LogP contribution in [0, 0.1) is 5.92 Å². The molecule has 0 spiro atoms. The lowest BCUT2D eigenvalue weighted by atomic mass is 9.90. The zero-order chi connectivity index (χ0) is 21.9. The van der Waals surface area contributed by atoms with E-state index in [0.29, 0.717) is 0 Å². The molecule has 0 unspecified atom stereocenters. The molecule has 0 bridgehead atoms. The number of rotatable bonds is 6. The number of pyridine rings is 1. The number of carbonyl (C=O) groups excluding carboxylic acids is 2. The Morgan fingerprint density at radius 3 is 1.46 bits per heavy atom. The molecule has 0 saturated heterocycles. The average Bonchev–Trinajstić information content (AvgIpc) is 2.51. The third-order valence-electron chi connectivity index (χ3n) is 3.41. The number of nitrogens with zero attached hydrogens (tertiary/aromatic N) is 1. The van der Waals surface area contributed by atoms with E-state index in [-0.39, 0.29) is 13.2 Å². The number of hydrogen-bond acceptors (Lipinski definition) is 5. The smallest absolute Gasteiger partial charge is 0.434 e. The van der Waals surface area contributed by atoms with Crippen LogP contribution in [0.4, 0.5) is 26.3 Å². The fraction of sp³-hybridized carbons (Fsp3) is 0.588. The topological polar surface area (TPSA) is 65.5 Å². The molecule has 1 aromatic heterocycles. The Bertz CT molecular complexity index is 686. The van der Waals surface area contributed by atoms with Crippen LogP contribution < -0.4 is 0 Å². The van der Waals surface area contributed by atoms with Gasteiger partial charge in [0.1, 0.15) is 0 Å². The van der Waals surface area contributed by atoms with Crippen LogP contribution in [-0.4, -0.2) is 30.1 Å². The molecule has 0 aliphatic heterocycles. The number of halogens is 6. The normalized spacial score (nSPS) is 12.2. The summed E-state index contributed by atoms with van der Waals surface area (Å²) in [6.45, 7) is 4.99. The average molecular weight is 415 g/mol. The van der Waals surface area contributed by atoms with Gasteiger partial charge in [0.25, 0.3) is 0 Å². The molecule has 0 radical (unpaired) electrons. The summed E-state index contributed by atoms with van der Waals surface area (Å²) in [5.74, 6) is -3.53. The summed E-state index contributed by atoms with van der Waals surface area (Å²) in [6.07, 6.45) is -11.2. The van der Waals surface area contributed by atoms with Gasteiger partial charge in [-0.25, -0.2) is 14.6 Å². The van der Waals surface area contributed by atoms with Crippen LogP contribution in [0.3, 0.4) is 0 Å². The van der Waals surface area contributed by atoms with Gasteiger partial charge in [0.05, 0.1) is 24.3 Å². The standard InChI is InChI=1S/C17H19F6NO4/c1-5-27-14(25)10-9(7-8(3)4)11(15(26)28-6-2)13(17(21,22)23)24-12(10)16(18,19)20/h8H,5-7H2,1-4H3. The van der Waals surface area contributed by atoms with Gasteiger partial charge in [0, 0.05) is 0 Å². The molecule has 0 aliphatic carbocycles. The highest BCUT2D eigenvalue weighted by molar-refractivity contribution is 5.99. The van der Waals surface area contributed by atoms with Crippen LogP contribution in [0.25, 0.3) is 0 Å². The monoisotopic (exact) mass is 415 g/mol. The molecule has 158 valence electrons. The molecule has 5 nitrogen and oxygen atoms in total. The Morgan fingerprint density at radius 2 is 1.21 bits per heavy atom. The predicted octanol–water partition coefficient (Wildman–Crippen LogP) is 4.67. The molecule has 0 aliphatic rings. The molecular weight excluding hydrogens is 396 g/mol. The fourth-order valence-corrected chi connectivity index (χ4v) is 2.50. The summed E-state index contributed by atoms with van der Waals surface area (Å²) >= 11 is 0. The molecule has 0 fully saturated rings. The van der Waals surface area contributed by atoms with Gasteiger partial charge < -0.3 is 9.47 Å². The second kappa shape index (κ2) is 8.78. The van der Waals surface area contributed by atoms with Gasteiger partial charge in [0.2, 0.25) is 0 Å². The first-order chi connectivity index (χ1) is 12.8. The highest BCUT2D eigenvalue weighted by atomic mass is 19.4. The minimum Gasteiger partial charge on any atom is -0.462 e. The van der Waals surface area contributed by atoms with E-state index < -0.39 is 64.7 Å². The van der Waals surface area contributed by atoms with E-state index in [9.17, 15) is 35.9 Å². The van der Waals surface area contributed by atoms with Crippen molar-refractivity contribution in [2.75, 3.05) is 13.2 Å². The minimum atomic E-state index is -5.39. The molecule has 0 N–H and O–H groups in total. The van der Waals surface area contributed by atoms with Crippen molar-refractivity contribution in [3.8, 4) is 0 Å². The summed E-state index contributed by atoms with van der Waals surface area (Å²) in [6, 6.07) is 0. The number of esters is 2. The summed E-state index contributed by atoms with van der Waals surface area (Å²) in [7, 11) is 0. The lowest BCUT2D eigenvalue weighted by Crippen LogP contribution is -2.28. The third kappa shape index (κ3) is 5.35. The Labute approximate surface area is 157 Å². The van der Waals surface area contributed by atoms with Gasteiger partial charge in [-0.1, -0.05) is 13.8 Å². The highest BCUT2D eigenvalue weighted by Crippen LogP contribution is 2.40. The molecule has 28 heavy (non-hydrogen) atoms. The molecule has 1 rings (SSSR count). The first-order valence-corrected chi connectivity index (χ1v) is 8.31. The summed E-state index contributed by atoms with van der Waals surface area (Å²) < 4.78 is 90.0. The number of carbonyl (C=O) groups is 2. The van der Waals surface area contributed by atoms with Crippen molar-refractivity contribution in [2.24, 2.45) is 5.92 Å². The van der Waals surface area contributed by atoms with E-state index in [1.165, 1.54) is 27.7 Å². The van der Waals surface area contributed by atoms with Crippen LogP contribution in [0.2, 0.25) is 0 Å². The van der Waals surface area contributed by atoms with Crippen molar-refractivity contribution < 1.29 is 45.4 Å². The van der Waals surface area contributed by atoms with Crippen molar-refractivity contribution >= 4 is 11.9 Å². The molecule has 0 atom stereocenters. The summed E-state index contributed by atoms with van der Waals surface area (Å²) in [5.41, 5.74) is -7.27. The second-order valence-corrected chi connectivity index (χ2v) is 6.07. The zero-order valence-electron chi connectivity index (χ0n) is 15.5. The zero-order valence-corrected chi connectivity index (χ0v) is 15.5. The summed E-state index contributed by atoms with van der Waals surface area (Å²) in [4.78, 5) is 27.1. The van der Waals surface area contributed by atoms with Gasteiger partial charge in [0.15, 0.2) is 11.4 Å². The third-order valence-corrected chi connectivity index (χ3v) is 3.41. The van der Waals surface area contributed by atoms with Gasteiger partial charge in [-0.05, 0) is 31.7 Å². The highest BCUT2D eigenvalue weighted by Gasteiger charge is 2.47. The Kier molecular flexibility index (Phi) is 7.44. The van der Waals surface area contributed by atoms with E-state index in [1.807, 2.05) is 0 Å². The number of ether oxygens (including phenoxy) is 2. The predicted molar refractivity (Wildman–Crippen MR) is 84.7 cm³/mol. The van der Waals surface area contributed by atoms with Crippen LogP contribution in [0.15, 0.2) is 0 Å². The van der Waals surface area contributed by atoms with Crippen LogP contribution >= 0.6 is 0 Å². The second-order valence-electron chi connectivity index (χ2n) is 6.07. The van der Waals surface area contributed by atoms with Gasteiger partial charge in [-0.2, -0.15) is 26.3 Å². The van der Waals surface area contributed by atoms with E-state index in [4.69, 9.17) is 0 Å². The maximum Gasteiger partial charge on any atom is 0.434 e. The molecular formula is C17H19F6NO4. The maximum atomic E-state index is 13.5. The van der Waals surface area contributed by atoms with E-state index in [2.05, 4.69) is 14.5 Å². The Morgan fingerprint density at radius 1 is 0.857 bits per heavy atom. The fourth-order valence-electron chi connectivity index (χ4n) is 2.50. The molecule has 0 aromatic carbocycles. The van der Waals surface area contributed by atoms with Gasteiger partial charge in [-0.15, -0.1) is 0 Å². The maximum absolute atomic E-state index is 13.5. The van der Waals surface area contributed by atoms with Crippen LogP contribution in [0.1, 0.15) is 65.4 Å². The van der Waals surface area contributed by atoms with Crippen molar-refractivity contribution in [3.05, 3.63) is 28.1 Å². The van der Waals surface area contributed by atoms with E-state index >= 15 is 0 Å². The van der Waals surface area contributed by atoms with Gasteiger partial charge >= 0.3 is 24.3 Å². The lowest BCUT2D eigenvalue weighted by Gasteiger charge is -2.22.